The minimum Gasteiger partial charge on any atom is -0.481 e. The van der Waals surface area contributed by atoms with E-state index in [1.807, 2.05) is 0 Å². The van der Waals surface area contributed by atoms with Crippen molar-refractivity contribution in [1.82, 2.24) is 0 Å². The number of hydrogen-bond donors (Lipinski definition) is 2. The number of esters is 1. The van der Waals surface area contributed by atoms with Gasteiger partial charge in [0.15, 0.2) is 0 Å². The first-order chi connectivity index (χ1) is 6.00. The zero-order valence-electron chi connectivity index (χ0n) is 7.69. The lowest BCUT2D eigenvalue weighted by atomic mass is 9.96. The van der Waals surface area contributed by atoms with Crippen LogP contribution in [0.2, 0.25) is 0 Å². The molecule has 0 spiro atoms. The first-order valence-corrected chi connectivity index (χ1v) is 4.01. The highest BCUT2D eigenvalue weighted by Gasteiger charge is 2.26. The number of carbonyl (C=O) groups excluding carboxylic acids is 1. The zero-order valence-corrected chi connectivity index (χ0v) is 7.69. The highest BCUT2D eigenvalue weighted by Crippen LogP contribution is 2.12. The minimum absolute atomic E-state index is 0.0878. The standard InChI is InChI=1S/C8H14O5/c1-5(7(10)11)6(2)8(12)13-4-3-9/h5-6,9H,3-4H2,1-2H3,(H,10,11). The van der Waals surface area contributed by atoms with Crippen molar-refractivity contribution in [2.24, 2.45) is 11.8 Å². The maximum absolute atomic E-state index is 11.1. The van der Waals surface area contributed by atoms with Crippen LogP contribution >= 0.6 is 0 Å². The van der Waals surface area contributed by atoms with Gasteiger partial charge in [0.05, 0.1) is 18.4 Å². The number of aliphatic hydroxyl groups is 1. The summed E-state index contributed by atoms with van der Waals surface area (Å²) in [7, 11) is 0. The van der Waals surface area contributed by atoms with Gasteiger partial charge < -0.3 is 14.9 Å². The summed E-state index contributed by atoms with van der Waals surface area (Å²) in [5, 5.41) is 16.9. The molecular weight excluding hydrogens is 176 g/mol. The SMILES string of the molecule is CC(C(=O)O)C(C)C(=O)OCCO. The maximum atomic E-state index is 11.1. The summed E-state index contributed by atoms with van der Waals surface area (Å²) in [5.74, 6) is -3.09. The lowest BCUT2D eigenvalue weighted by molar-refractivity contribution is -0.157. The number of ether oxygens (including phenoxy) is 1. The fourth-order valence-electron chi connectivity index (χ4n) is 0.696. The van der Waals surface area contributed by atoms with E-state index in [1.165, 1.54) is 13.8 Å². The van der Waals surface area contributed by atoms with E-state index in [1.54, 1.807) is 0 Å². The molecule has 0 aliphatic heterocycles. The number of carbonyl (C=O) groups is 2. The second kappa shape index (κ2) is 5.53. The minimum atomic E-state index is -1.03. The molecule has 0 aromatic heterocycles. The molecule has 0 radical (unpaired) electrons. The smallest absolute Gasteiger partial charge is 0.309 e. The summed E-state index contributed by atoms with van der Waals surface area (Å²) in [6.07, 6.45) is 0. The van der Waals surface area contributed by atoms with E-state index >= 15 is 0 Å². The number of carboxylic acid groups (broad SMARTS) is 1. The quantitative estimate of drug-likeness (QED) is 0.590. The van der Waals surface area contributed by atoms with Crippen LogP contribution in [0.1, 0.15) is 13.8 Å². The second-order valence-corrected chi connectivity index (χ2v) is 2.81. The zero-order chi connectivity index (χ0) is 10.4. The van der Waals surface area contributed by atoms with E-state index in [9.17, 15) is 9.59 Å². The molecule has 5 heteroatoms. The van der Waals surface area contributed by atoms with Gasteiger partial charge in [-0.2, -0.15) is 0 Å². The largest absolute Gasteiger partial charge is 0.481 e. The molecule has 2 atom stereocenters. The third-order valence-corrected chi connectivity index (χ3v) is 1.85. The molecule has 2 unspecified atom stereocenters. The van der Waals surface area contributed by atoms with Crippen LogP contribution in [0.3, 0.4) is 0 Å². The molecule has 0 amide bonds. The molecule has 0 aliphatic carbocycles. The molecular formula is C8H14O5. The van der Waals surface area contributed by atoms with Crippen LogP contribution in [0, 0.1) is 11.8 Å². The average molecular weight is 190 g/mol. The number of aliphatic hydroxyl groups excluding tert-OH is 1. The van der Waals surface area contributed by atoms with Crippen molar-refractivity contribution in [3.8, 4) is 0 Å². The van der Waals surface area contributed by atoms with E-state index in [0.717, 1.165) is 0 Å². The predicted molar refractivity (Wildman–Crippen MR) is 44.0 cm³/mol. The maximum Gasteiger partial charge on any atom is 0.309 e. The summed E-state index contributed by atoms with van der Waals surface area (Å²) in [6.45, 7) is 2.58. The first-order valence-electron chi connectivity index (χ1n) is 4.01. The van der Waals surface area contributed by atoms with E-state index in [2.05, 4.69) is 4.74 Å². The summed E-state index contributed by atoms with van der Waals surface area (Å²) < 4.78 is 4.57. The van der Waals surface area contributed by atoms with Crippen LogP contribution in [0.15, 0.2) is 0 Å². The van der Waals surface area contributed by atoms with E-state index < -0.39 is 23.8 Å². The topological polar surface area (TPSA) is 83.8 Å². The molecule has 0 fully saturated rings. The Bertz CT molecular complexity index is 189. The van der Waals surface area contributed by atoms with E-state index in [-0.39, 0.29) is 13.2 Å². The van der Waals surface area contributed by atoms with Crippen LogP contribution in [0.5, 0.6) is 0 Å². The van der Waals surface area contributed by atoms with Gasteiger partial charge in [-0.15, -0.1) is 0 Å². The van der Waals surface area contributed by atoms with Crippen molar-refractivity contribution in [3.05, 3.63) is 0 Å². The molecule has 76 valence electrons. The Labute approximate surface area is 76.3 Å². The van der Waals surface area contributed by atoms with Crippen LogP contribution in [0.4, 0.5) is 0 Å². The van der Waals surface area contributed by atoms with Crippen molar-refractivity contribution in [2.75, 3.05) is 13.2 Å². The fourth-order valence-corrected chi connectivity index (χ4v) is 0.696. The number of carboxylic acids is 1. The van der Waals surface area contributed by atoms with Crippen molar-refractivity contribution in [2.45, 2.75) is 13.8 Å². The van der Waals surface area contributed by atoms with Gasteiger partial charge in [0.25, 0.3) is 0 Å². The Morgan fingerprint density at radius 2 is 1.85 bits per heavy atom. The molecule has 0 aromatic rings. The van der Waals surface area contributed by atoms with Crippen LogP contribution in [-0.2, 0) is 14.3 Å². The van der Waals surface area contributed by atoms with Crippen LogP contribution in [0.25, 0.3) is 0 Å². The molecule has 5 nitrogen and oxygen atoms in total. The Balaban J connectivity index is 4.01. The lowest BCUT2D eigenvalue weighted by Crippen LogP contribution is -2.27. The number of hydrogen-bond acceptors (Lipinski definition) is 4. The molecule has 0 bridgehead atoms. The van der Waals surface area contributed by atoms with Gasteiger partial charge in [-0.25, -0.2) is 0 Å². The highest BCUT2D eigenvalue weighted by atomic mass is 16.5. The van der Waals surface area contributed by atoms with Crippen LogP contribution in [-0.4, -0.2) is 35.4 Å². The molecule has 13 heavy (non-hydrogen) atoms. The monoisotopic (exact) mass is 190 g/mol. The predicted octanol–water partition coefficient (Wildman–Crippen LogP) is -0.121. The Kier molecular flexibility index (Phi) is 5.06. The molecule has 0 rings (SSSR count). The first kappa shape index (κ1) is 11.9. The van der Waals surface area contributed by atoms with Gasteiger partial charge >= 0.3 is 11.9 Å². The van der Waals surface area contributed by atoms with E-state index in [0.29, 0.717) is 0 Å². The van der Waals surface area contributed by atoms with Gasteiger partial charge in [-0.05, 0) is 0 Å². The molecule has 2 N–H and O–H groups in total. The third kappa shape index (κ3) is 3.89. The fraction of sp³-hybridized carbons (Fsp3) is 0.750. The van der Waals surface area contributed by atoms with Gasteiger partial charge in [-0.3, -0.25) is 9.59 Å². The summed E-state index contributed by atoms with van der Waals surface area (Å²) in [6, 6.07) is 0. The van der Waals surface area contributed by atoms with Crippen molar-refractivity contribution in [3.63, 3.8) is 0 Å². The molecule has 0 aliphatic rings. The Morgan fingerprint density at radius 3 is 2.23 bits per heavy atom. The van der Waals surface area contributed by atoms with Crippen molar-refractivity contribution >= 4 is 11.9 Å². The molecule has 0 saturated heterocycles. The lowest BCUT2D eigenvalue weighted by Gasteiger charge is -2.14. The summed E-state index contributed by atoms with van der Waals surface area (Å²) in [5.41, 5.74) is 0. The molecule has 0 aromatic carbocycles. The number of rotatable bonds is 5. The van der Waals surface area contributed by atoms with Gasteiger partial charge in [-0.1, -0.05) is 13.8 Å². The highest BCUT2D eigenvalue weighted by molar-refractivity contribution is 5.80. The normalized spacial score (nSPS) is 14.7. The van der Waals surface area contributed by atoms with Gasteiger partial charge in [0.1, 0.15) is 6.61 Å². The van der Waals surface area contributed by atoms with Gasteiger partial charge in [0, 0.05) is 0 Å². The summed E-state index contributed by atoms with van der Waals surface area (Å²) in [4.78, 5) is 21.5. The number of aliphatic carboxylic acids is 1. The summed E-state index contributed by atoms with van der Waals surface area (Å²) >= 11 is 0. The van der Waals surface area contributed by atoms with Gasteiger partial charge in [0.2, 0.25) is 0 Å². The second-order valence-electron chi connectivity index (χ2n) is 2.81. The van der Waals surface area contributed by atoms with Crippen LogP contribution < -0.4 is 0 Å². The Hall–Kier alpha value is -1.10. The Morgan fingerprint density at radius 1 is 1.31 bits per heavy atom. The van der Waals surface area contributed by atoms with Crippen molar-refractivity contribution in [1.29, 1.82) is 0 Å². The van der Waals surface area contributed by atoms with Crippen molar-refractivity contribution < 1.29 is 24.5 Å². The third-order valence-electron chi connectivity index (χ3n) is 1.85. The van der Waals surface area contributed by atoms with E-state index in [4.69, 9.17) is 10.2 Å². The molecule has 0 heterocycles. The average Bonchev–Trinajstić information content (AvgIpc) is 2.11. The molecule has 0 saturated carbocycles.